The van der Waals surface area contributed by atoms with Gasteiger partial charge in [0.05, 0.1) is 18.8 Å². The van der Waals surface area contributed by atoms with Crippen molar-refractivity contribution in [3.8, 4) is 0 Å². The van der Waals surface area contributed by atoms with E-state index in [-0.39, 0.29) is 36.6 Å². The minimum absolute atomic E-state index is 0. The molecule has 0 bridgehead atoms. The van der Waals surface area contributed by atoms with Crippen LogP contribution in [0.5, 0.6) is 0 Å². The van der Waals surface area contributed by atoms with Crippen molar-refractivity contribution in [3.63, 3.8) is 0 Å². The van der Waals surface area contributed by atoms with Gasteiger partial charge in [0.1, 0.15) is 10.8 Å². The molecular formula is C16H23F3IN5OS. The highest BCUT2D eigenvalue weighted by Crippen LogP contribution is 2.30. The van der Waals surface area contributed by atoms with Crippen LogP contribution in [0.25, 0.3) is 0 Å². The van der Waals surface area contributed by atoms with Gasteiger partial charge in [-0.1, -0.05) is 0 Å². The molecule has 0 spiro atoms. The van der Waals surface area contributed by atoms with E-state index < -0.39 is 11.9 Å². The maximum Gasteiger partial charge on any atom is 0.434 e. The van der Waals surface area contributed by atoms with E-state index in [1.54, 1.807) is 6.26 Å². The van der Waals surface area contributed by atoms with Crippen molar-refractivity contribution in [1.82, 2.24) is 20.5 Å². The Morgan fingerprint density at radius 3 is 2.63 bits per heavy atom. The first-order valence-electron chi connectivity index (χ1n) is 8.04. The Balaban J connectivity index is 0.00000364. The van der Waals surface area contributed by atoms with E-state index in [1.165, 1.54) is 0 Å². The normalized spacial score (nSPS) is 13.4. The maximum absolute atomic E-state index is 12.6. The average molecular weight is 517 g/mol. The molecule has 27 heavy (non-hydrogen) atoms. The molecule has 1 unspecified atom stereocenters. The Bertz CT molecular complexity index is 703. The summed E-state index contributed by atoms with van der Waals surface area (Å²) in [4.78, 5) is 9.91. The van der Waals surface area contributed by atoms with Gasteiger partial charge in [-0.2, -0.15) is 13.2 Å². The number of halogens is 4. The maximum atomic E-state index is 12.6. The van der Waals surface area contributed by atoms with Crippen LogP contribution in [0, 0.1) is 0 Å². The molecule has 0 aliphatic carbocycles. The summed E-state index contributed by atoms with van der Waals surface area (Å²) in [5.41, 5.74) is -0.879. The zero-order valence-electron chi connectivity index (χ0n) is 15.2. The van der Waals surface area contributed by atoms with Gasteiger partial charge < -0.3 is 15.1 Å². The summed E-state index contributed by atoms with van der Waals surface area (Å²) in [5, 5.41) is 7.58. The van der Waals surface area contributed by atoms with Crippen LogP contribution >= 0.6 is 35.3 Å². The van der Waals surface area contributed by atoms with Crippen molar-refractivity contribution in [2.45, 2.75) is 25.7 Å². The third-order valence-electron chi connectivity index (χ3n) is 3.52. The monoisotopic (exact) mass is 517 g/mol. The minimum Gasteiger partial charge on any atom is -0.468 e. The molecule has 0 aromatic carbocycles. The van der Waals surface area contributed by atoms with E-state index in [9.17, 15) is 13.2 Å². The van der Waals surface area contributed by atoms with Crippen LogP contribution in [0.3, 0.4) is 0 Å². The van der Waals surface area contributed by atoms with Gasteiger partial charge in [-0.05, 0) is 33.2 Å². The molecule has 0 saturated heterocycles. The lowest BCUT2D eigenvalue weighted by atomic mass is 10.2. The number of furan rings is 1. The Morgan fingerprint density at radius 1 is 1.37 bits per heavy atom. The number of guanidine groups is 1. The minimum atomic E-state index is -4.43. The molecule has 2 aromatic rings. The quantitative estimate of drug-likeness (QED) is 0.333. The van der Waals surface area contributed by atoms with E-state index in [1.807, 2.05) is 38.1 Å². The molecule has 0 radical (unpaired) electrons. The van der Waals surface area contributed by atoms with E-state index in [0.29, 0.717) is 24.1 Å². The molecule has 2 rings (SSSR count). The van der Waals surface area contributed by atoms with Crippen molar-refractivity contribution in [3.05, 3.63) is 40.2 Å². The van der Waals surface area contributed by atoms with Gasteiger partial charge in [0.25, 0.3) is 0 Å². The number of nitrogens with one attached hydrogen (secondary N) is 2. The summed E-state index contributed by atoms with van der Waals surface area (Å²) < 4.78 is 43.3. The fraction of sp³-hybridized carbons (Fsp3) is 0.500. The summed E-state index contributed by atoms with van der Waals surface area (Å²) in [5.74, 6) is 1.32. The highest BCUT2D eigenvalue weighted by atomic mass is 127. The first-order chi connectivity index (χ1) is 12.3. The van der Waals surface area contributed by atoms with Crippen LogP contribution in [-0.2, 0) is 12.7 Å². The van der Waals surface area contributed by atoms with E-state index in [4.69, 9.17) is 4.42 Å². The third-order valence-corrected chi connectivity index (χ3v) is 4.35. The predicted molar refractivity (Wildman–Crippen MR) is 110 cm³/mol. The topological polar surface area (TPSA) is 65.7 Å². The number of alkyl halides is 3. The van der Waals surface area contributed by atoms with Crippen LogP contribution in [0.15, 0.2) is 33.2 Å². The second-order valence-corrected chi connectivity index (χ2v) is 6.64. The first kappa shape index (κ1) is 23.7. The van der Waals surface area contributed by atoms with E-state index in [2.05, 4.69) is 20.6 Å². The summed E-state index contributed by atoms with van der Waals surface area (Å²) in [7, 11) is 3.88. The van der Waals surface area contributed by atoms with Gasteiger partial charge in [0, 0.05) is 18.5 Å². The Morgan fingerprint density at radius 2 is 2.11 bits per heavy atom. The van der Waals surface area contributed by atoms with Crippen LogP contribution in [-0.4, -0.2) is 43.0 Å². The first-order valence-corrected chi connectivity index (χ1v) is 8.92. The summed E-state index contributed by atoms with van der Waals surface area (Å²) >= 11 is 0.947. The fourth-order valence-corrected chi connectivity index (χ4v) is 2.94. The Kier molecular flexibility index (Phi) is 9.53. The van der Waals surface area contributed by atoms with Gasteiger partial charge in [-0.25, -0.2) is 9.98 Å². The van der Waals surface area contributed by atoms with Crippen molar-refractivity contribution >= 4 is 41.3 Å². The van der Waals surface area contributed by atoms with Gasteiger partial charge in [0.15, 0.2) is 11.7 Å². The Labute approximate surface area is 177 Å². The molecule has 0 saturated carbocycles. The largest absolute Gasteiger partial charge is 0.468 e. The number of hydrogen-bond acceptors (Lipinski definition) is 5. The van der Waals surface area contributed by atoms with E-state index in [0.717, 1.165) is 22.5 Å². The van der Waals surface area contributed by atoms with Crippen molar-refractivity contribution in [1.29, 1.82) is 0 Å². The standard InChI is InChI=1S/C16H22F3N5OS.HI/c1-4-20-15(21-8-11(24(2)3)12-6-5-7-25-12)22-9-14-23-13(10-26-14)16(17,18)19;/h5-7,10-11H,4,8-9H2,1-3H3,(H2,20,21,22);1H. The second kappa shape index (κ2) is 10.9. The molecule has 2 heterocycles. The SMILES string of the molecule is CCNC(=NCc1nc(C(F)(F)F)cs1)NCC(c1ccco1)N(C)C.I. The summed E-state index contributed by atoms with van der Waals surface area (Å²) in [6.45, 7) is 3.14. The summed E-state index contributed by atoms with van der Waals surface area (Å²) in [6.07, 6.45) is -2.81. The van der Waals surface area contributed by atoms with E-state index >= 15 is 0 Å². The molecule has 2 aromatic heterocycles. The number of aliphatic imine (C=N–C) groups is 1. The third kappa shape index (κ3) is 7.30. The number of aromatic nitrogens is 1. The molecule has 0 fully saturated rings. The molecule has 11 heteroatoms. The number of nitrogens with zero attached hydrogens (tertiary/aromatic N) is 3. The van der Waals surface area contributed by atoms with Crippen LogP contribution in [0.1, 0.15) is 29.4 Å². The van der Waals surface area contributed by atoms with Gasteiger partial charge in [-0.15, -0.1) is 35.3 Å². The second-order valence-electron chi connectivity index (χ2n) is 5.70. The zero-order valence-corrected chi connectivity index (χ0v) is 18.4. The fourth-order valence-electron chi connectivity index (χ4n) is 2.21. The number of hydrogen-bond donors (Lipinski definition) is 2. The lowest BCUT2D eigenvalue weighted by molar-refractivity contribution is -0.140. The van der Waals surface area contributed by atoms with Gasteiger partial charge in [-0.3, -0.25) is 4.90 Å². The molecule has 152 valence electrons. The Hall–Kier alpha value is -1.34. The van der Waals surface area contributed by atoms with Gasteiger partial charge >= 0.3 is 6.18 Å². The molecule has 2 N–H and O–H groups in total. The number of thiazole rings is 1. The zero-order chi connectivity index (χ0) is 19.2. The molecule has 0 aliphatic rings. The molecular weight excluding hydrogens is 494 g/mol. The van der Waals surface area contributed by atoms with Crippen molar-refractivity contribution in [2.75, 3.05) is 27.2 Å². The van der Waals surface area contributed by atoms with Crippen LogP contribution in [0.4, 0.5) is 13.2 Å². The highest BCUT2D eigenvalue weighted by Gasteiger charge is 2.33. The lowest BCUT2D eigenvalue weighted by Gasteiger charge is -2.23. The van der Waals surface area contributed by atoms with Crippen molar-refractivity contribution in [2.24, 2.45) is 4.99 Å². The molecule has 0 aliphatic heterocycles. The smallest absolute Gasteiger partial charge is 0.434 e. The van der Waals surface area contributed by atoms with Gasteiger partial charge in [0.2, 0.25) is 0 Å². The predicted octanol–water partition coefficient (Wildman–Crippen LogP) is 3.73. The summed E-state index contributed by atoms with van der Waals surface area (Å²) in [6, 6.07) is 3.71. The molecule has 6 nitrogen and oxygen atoms in total. The van der Waals surface area contributed by atoms with Crippen LogP contribution < -0.4 is 10.6 Å². The van der Waals surface area contributed by atoms with Crippen molar-refractivity contribution < 1.29 is 17.6 Å². The van der Waals surface area contributed by atoms with Crippen LogP contribution in [0.2, 0.25) is 0 Å². The highest BCUT2D eigenvalue weighted by molar-refractivity contribution is 14.0. The molecule has 0 amide bonds. The number of rotatable bonds is 7. The average Bonchev–Trinajstić information content (AvgIpc) is 3.23. The lowest BCUT2D eigenvalue weighted by Crippen LogP contribution is -2.41. The molecule has 1 atom stereocenters. The number of likely N-dealkylation sites (N-methyl/N-ethyl adjacent to an activating group) is 1.